The SMILES string of the molecule is COc1c(NCC2CC2)ncnc1-c1ccc2nc(Nc3cc(CN4CCNCC4)ccn3)[nH]c2c1. The van der Waals surface area contributed by atoms with Gasteiger partial charge in [-0.1, -0.05) is 6.07 Å². The zero-order valence-corrected chi connectivity index (χ0v) is 20.4. The molecule has 4 heterocycles. The van der Waals surface area contributed by atoms with Crippen LogP contribution < -0.4 is 20.7 Å². The van der Waals surface area contributed by atoms with Crippen LogP contribution in [-0.2, 0) is 6.54 Å². The molecule has 0 atom stereocenters. The third kappa shape index (κ3) is 5.09. The lowest BCUT2D eigenvalue weighted by atomic mass is 10.1. The molecule has 1 aliphatic carbocycles. The van der Waals surface area contributed by atoms with Crippen molar-refractivity contribution in [1.29, 1.82) is 0 Å². The van der Waals surface area contributed by atoms with Crippen molar-refractivity contribution in [2.75, 3.05) is 50.5 Å². The minimum Gasteiger partial charge on any atom is -0.491 e. The maximum atomic E-state index is 5.70. The van der Waals surface area contributed by atoms with Crippen molar-refractivity contribution in [3.05, 3.63) is 48.4 Å². The quantitative estimate of drug-likeness (QED) is 0.283. The van der Waals surface area contributed by atoms with Gasteiger partial charge in [0, 0.05) is 51.0 Å². The van der Waals surface area contributed by atoms with Gasteiger partial charge in [-0.2, -0.15) is 0 Å². The van der Waals surface area contributed by atoms with Crippen molar-refractivity contribution >= 4 is 28.6 Å². The molecule has 1 aliphatic heterocycles. The van der Waals surface area contributed by atoms with Crippen LogP contribution in [0, 0.1) is 5.92 Å². The summed E-state index contributed by atoms with van der Waals surface area (Å²) >= 11 is 0. The molecule has 6 rings (SSSR count). The van der Waals surface area contributed by atoms with Gasteiger partial charge in [-0.15, -0.1) is 0 Å². The van der Waals surface area contributed by atoms with Crippen LogP contribution in [0.4, 0.5) is 17.6 Å². The molecule has 10 nitrogen and oxygen atoms in total. The van der Waals surface area contributed by atoms with Gasteiger partial charge in [0.05, 0.1) is 18.1 Å². The second-order valence-corrected chi connectivity index (χ2v) is 9.45. The molecule has 1 saturated heterocycles. The fraction of sp³-hybridized carbons (Fsp3) is 0.385. The first-order valence-electron chi connectivity index (χ1n) is 12.5. The number of rotatable bonds is 9. The number of aromatic nitrogens is 5. The average Bonchev–Trinajstić information content (AvgIpc) is 3.65. The predicted octanol–water partition coefficient (Wildman–Crippen LogP) is 3.39. The van der Waals surface area contributed by atoms with Crippen molar-refractivity contribution in [3.8, 4) is 17.0 Å². The third-order valence-electron chi connectivity index (χ3n) is 6.70. The molecule has 0 unspecified atom stereocenters. The highest BCUT2D eigenvalue weighted by atomic mass is 16.5. The van der Waals surface area contributed by atoms with Crippen LogP contribution in [0.5, 0.6) is 5.75 Å². The molecule has 2 fully saturated rings. The van der Waals surface area contributed by atoms with E-state index >= 15 is 0 Å². The number of ether oxygens (including phenoxy) is 1. The van der Waals surface area contributed by atoms with Gasteiger partial charge in [0.2, 0.25) is 5.95 Å². The van der Waals surface area contributed by atoms with Crippen LogP contribution in [-0.4, -0.2) is 69.7 Å². The molecule has 1 aromatic carbocycles. The first-order valence-corrected chi connectivity index (χ1v) is 12.5. The normalized spacial score (nSPS) is 16.2. The fourth-order valence-electron chi connectivity index (χ4n) is 4.57. The first-order chi connectivity index (χ1) is 17.7. The summed E-state index contributed by atoms with van der Waals surface area (Å²) < 4.78 is 5.70. The Morgan fingerprint density at radius 3 is 2.81 bits per heavy atom. The van der Waals surface area contributed by atoms with E-state index in [2.05, 4.69) is 52.9 Å². The molecule has 0 bridgehead atoms. The summed E-state index contributed by atoms with van der Waals surface area (Å²) in [6, 6.07) is 10.2. The van der Waals surface area contributed by atoms with E-state index in [9.17, 15) is 0 Å². The van der Waals surface area contributed by atoms with Crippen molar-refractivity contribution in [3.63, 3.8) is 0 Å². The molecule has 4 N–H and O–H groups in total. The fourth-order valence-corrected chi connectivity index (χ4v) is 4.57. The Morgan fingerprint density at radius 1 is 1.08 bits per heavy atom. The van der Waals surface area contributed by atoms with E-state index in [1.54, 1.807) is 13.4 Å². The third-order valence-corrected chi connectivity index (χ3v) is 6.70. The molecule has 2 aliphatic rings. The second kappa shape index (κ2) is 10.1. The number of aromatic amines is 1. The van der Waals surface area contributed by atoms with Gasteiger partial charge < -0.3 is 25.7 Å². The van der Waals surface area contributed by atoms with Crippen LogP contribution in [0.25, 0.3) is 22.3 Å². The molecular weight excluding hydrogens is 454 g/mol. The van der Waals surface area contributed by atoms with E-state index in [-0.39, 0.29) is 0 Å². The molecule has 0 spiro atoms. The van der Waals surface area contributed by atoms with Gasteiger partial charge in [0.15, 0.2) is 11.6 Å². The van der Waals surface area contributed by atoms with Crippen LogP contribution in [0.3, 0.4) is 0 Å². The summed E-state index contributed by atoms with van der Waals surface area (Å²) in [7, 11) is 1.66. The second-order valence-electron chi connectivity index (χ2n) is 9.45. The number of nitrogens with one attached hydrogen (secondary N) is 4. The molecule has 36 heavy (non-hydrogen) atoms. The number of anilines is 3. The number of fused-ring (bicyclic) bond motifs is 1. The van der Waals surface area contributed by atoms with Crippen LogP contribution in [0.15, 0.2) is 42.9 Å². The minimum atomic E-state index is 0.649. The van der Waals surface area contributed by atoms with E-state index in [4.69, 9.17) is 9.72 Å². The zero-order valence-electron chi connectivity index (χ0n) is 20.4. The van der Waals surface area contributed by atoms with Crippen LogP contribution >= 0.6 is 0 Å². The van der Waals surface area contributed by atoms with Crippen molar-refractivity contribution in [2.45, 2.75) is 19.4 Å². The summed E-state index contributed by atoms with van der Waals surface area (Å²) in [5.41, 5.74) is 4.68. The summed E-state index contributed by atoms with van der Waals surface area (Å²) in [5, 5.41) is 10.1. The number of nitrogens with zero attached hydrogens (tertiary/aromatic N) is 5. The van der Waals surface area contributed by atoms with Crippen molar-refractivity contribution in [1.82, 2.24) is 35.1 Å². The van der Waals surface area contributed by atoms with E-state index in [1.807, 2.05) is 24.4 Å². The molecule has 0 amide bonds. The standard InChI is InChI=1S/C26H31N9O/c1-36-24-23(30-16-31-25(24)29-14-17-2-3-17)19-4-5-20-21(13-19)33-26(32-20)34-22-12-18(6-7-28-22)15-35-10-8-27-9-11-35/h4-7,12-13,16-17,27H,2-3,8-11,14-15H2,1H3,(H,29,30,31)(H2,28,32,33,34). The van der Waals surface area contributed by atoms with Crippen molar-refractivity contribution in [2.24, 2.45) is 5.92 Å². The molecular formula is C26H31N9O. The molecule has 4 aromatic rings. The van der Waals surface area contributed by atoms with Crippen molar-refractivity contribution < 1.29 is 4.74 Å². The van der Waals surface area contributed by atoms with Gasteiger partial charge in [0.1, 0.15) is 17.8 Å². The number of imidazole rings is 1. The number of hydrogen-bond donors (Lipinski definition) is 4. The first kappa shape index (κ1) is 22.7. The van der Waals surface area contributed by atoms with Gasteiger partial charge in [-0.3, -0.25) is 4.90 Å². The highest BCUT2D eigenvalue weighted by Gasteiger charge is 2.22. The predicted molar refractivity (Wildman–Crippen MR) is 141 cm³/mol. The van der Waals surface area contributed by atoms with E-state index in [1.165, 1.54) is 18.4 Å². The number of benzene rings is 1. The minimum absolute atomic E-state index is 0.649. The Kier molecular flexibility index (Phi) is 6.35. The van der Waals surface area contributed by atoms with Gasteiger partial charge in [-0.25, -0.2) is 19.9 Å². The van der Waals surface area contributed by atoms with Gasteiger partial charge in [0.25, 0.3) is 0 Å². The lowest BCUT2D eigenvalue weighted by Crippen LogP contribution is -2.42. The topological polar surface area (TPSA) is 116 Å². The number of hydrogen-bond acceptors (Lipinski definition) is 9. The Balaban J connectivity index is 1.21. The lowest BCUT2D eigenvalue weighted by Gasteiger charge is -2.27. The molecule has 3 aromatic heterocycles. The Bertz CT molecular complexity index is 1340. The maximum Gasteiger partial charge on any atom is 0.206 e. The summed E-state index contributed by atoms with van der Waals surface area (Å²) in [5.74, 6) is 3.54. The molecule has 1 saturated carbocycles. The largest absolute Gasteiger partial charge is 0.491 e. The van der Waals surface area contributed by atoms with Gasteiger partial charge in [-0.05, 0) is 48.6 Å². The maximum absolute atomic E-state index is 5.70. The number of methoxy groups -OCH3 is 1. The zero-order chi connectivity index (χ0) is 24.3. The highest BCUT2D eigenvalue weighted by Crippen LogP contribution is 2.36. The number of piperazine rings is 1. The van der Waals surface area contributed by atoms with Gasteiger partial charge >= 0.3 is 0 Å². The van der Waals surface area contributed by atoms with E-state index < -0.39 is 0 Å². The molecule has 0 radical (unpaired) electrons. The highest BCUT2D eigenvalue weighted by molar-refractivity contribution is 5.85. The number of H-pyrrole nitrogens is 1. The van der Waals surface area contributed by atoms with E-state index in [0.29, 0.717) is 11.7 Å². The monoisotopic (exact) mass is 485 g/mol. The smallest absolute Gasteiger partial charge is 0.206 e. The average molecular weight is 486 g/mol. The molecule has 10 heteroatoms. The number of pyridine rings is 1. The Morgan fingerprint density at radius 2 is 1.97 bits per heavy atom. The summed E-state index contributed by atoms with van der Waals surface area (Å²) in [4.78, 5) is 23.9. The lowest BCUT2D eigenvalue weighted by molar-refractivity contribution is 0.233. The molecule has 186 valence electrons. The Hall–Kier alpha value is -3.76. The summed E-state index contributed by atoms with van der Waals surface area (Å²) in [6.07, 6.45) is 5.97. The van der Waals surface area contributed by atoms with Crippen LogP contribution in [0.2, 0.25) is 0 Å². The van der Waals surface area contributed by atoms with Crippen LogP contribution in [0.1, 0.15) is 18.4 Å². The Labute approximate surface area is 209 Å². The summed E-state index contributed by atoms with van der Waals surface area (Å²) in [6.45, 7) is 6.03. The van der Waals surface area contributed by atoms with E-state index in [0.717, 1.165) is 79.1 Å².